The van der Waals surface area contributed by atoms with Gasteiger partial charge in [-0.25, -0.2) is 4.79 Å². The topological polar surface area (TPSA) is 58.6 Å². The highest BCUT2D eigenvalue weighted by atomic mass is 32.2. The summed E-state index contributed by atoms with van der Waals surface area (Å²) in [7, 11) is 3.44. The zero-order valence-corrected chi connectivity index (χ0v) is 18.4. The van der Waals surface area contributed by atoms with Gasteiger partial charge in [0.1, 0.15) is 5.00 Å². The second-order valence-corrected chi connectivity index (χ2v) is 9.31. The Morgan fingerprint density at radius 3 is 2.64 bits per heavy atom. The minimum atomic E-state index is -0.375. The summed E-state index contributed by atoms with van der Waals surface area (Å²) in [6.45, 7) is 5.85. The molecular formula is C21H26N2O3S2. The Kier molecular flexibility index (Phi) is 6.80. The Morgan fingerprint density at radius 1 is 1.25 bits per heavy atom. The van der Waals surface area contributed by atoms with Crippen LogP contribution >= 0.6 is 23.1 Å². The molecule has 0 saturated carbocycles. The van der Waals surface area contributed by atoms with E-state index in [0.29, 0.717) is 16.3 Å². The third-order valence-corrected chi connectivity index (χ3v) is 6.81. The molecule has 1 aromatic heterocycles. The van der Waals surface area contributed by atoms with Crippen molar-refractivity contribution >= 4 is 40.0 Å². The van der Waals surface area contributed by atoms with E-state index in [9.17, 15) is 9.59 Å². The van der Waals surface area contributed by atoms with Crippen LogP contribution in [0.3, 0.4) is 0 Å². The van der Waals surface area contributed by atoms with E-state index in [1.165, 1.54) is 35.1 Å². The van der Waals surface area contributed by atoms with Gasteiger partial charge < -0.3 is 15.0 Å². The van der Waals surface area contributed by atoms with Crippen molar-refractivity contribution in [3.63, 3.8) is 0 Å². The number of esters is 1. The third-order valence-electron chi connectivity index (χ3n) is 4.67. The minimum absolute atomic E-state index is 0.0912. The predicted molar refractivity (Wildman–Crippen MR) is 116 cm³/mol. The molecular weight excluding hydrogens is 392 g/mol. The van der Waals surface area contributed by atoms with Crippen LogP contribution in [-0.4, -0.2) is 43.2 Å². The normalized spacial score (nSPS) is 13.9. The molecule has 28 heavy (non-hydrogen) atoms. The third kappa shape index (κ3) is 4.96. The van der Waals surface area contributed by atoms with Gasteiger partial charge in [-0.05, 0) is 38.4 Å². The number of nitrogens with zero attached hydrogens (tertiary/aromatic N) is 1. The van der Waals surface area contributed by atoms with Crippen molar-refractivity contribution < 1.29 is 14.3 Å². The maximum Gasteiger partial charge on any atom is 0.341 e. The van der Waals surface area contributed by atoms with E-state index in [4.69, 9.17) is 4.74 Å². The zero-order valence-electron chi connectivity index (χ0n) is 16.8. The molecule has 0 aliphatic carbocycles. The largest absolute Gasteiger partial charge is 0.465 e. The summed E-state index contributed by atoms with van der Waals surface area (Å²) in [4.78, 5) is 28.1. The Morgan fingerprint density at radius 2 is 1.96 bits per heavy atom. The number of carbonyl (C=O) groups excluding carboxylic acids is 2. The highest BCUT2D eigenvalue weighted by molar-refractivity contribution is 7.99. The number of ether oxygens (including phenoxy) is 1. The number of thioether (sulfide) groups is 1. The summed E-state index contributed by atoms with van der Waals surface area (Å²) >= 11 is 3.06. The lowest BCUT2D eigenvalue weighted by Crippen LogP contribution is -2.26. The van der Waals surface area contributed by atoms with Gasteiger partial charge >= 0.3 is 5.97 Å². The SMILES string of the molecule is COC(=O)c1c(NC(=O)CSCc2cc(C)cc(C)c2)sc2c1CCN(C)C2. The first-order valence-corrected chi connectivity index (χ1v) is 11.2. The van der Waals surface area contributed by atoms with E-state index in [-0.39, 0.29) is 11.9 Å². The summed E-state index contributed by atoms with van der Waals surface area (Å²) in [5.74, 6) is 0.661. The Bertz CT molecular complexity index is 872. The molecule has 1 aliphatic rings. The maximum absolute atomic E-state index is 12.5. The number of likely N-dealkylation sites (N-methyl/N-ethyl adjacent to an activating group) is 1. The van der Waals surface area contributed by atoms with Gasteiger partial charge in [0.25, 0.3) is 0 Å². The van der Waals surface area contributed by atoms with Crippen LogP contribution in [0.4, 0.5) is 5.00 Å². The second kappa shape index (κ2) is 9.11. The number of anilines is 1. The smallest absolute Gasteiger partial charge is 0.341 e. The van der Waals surface area contributed by atoms with E-state index < -0.39 is 0 Å². The number of rotatable bonds is 6. The van der Waals surface area contributed by atoms with Crippen LogP contribution in [0.25, 0.3) is 0 Å². The molecule has 0 bridgehead atoms. The Labute approximate surface area is 174 Å². The fourth-order valence-corrected chi connectivity index (χ4v) is 5.61. The van der Waals surface area contributed by atoms with E-state index in [2.05, 4.69) is 49.3 Å². The van der Waals surface area contributed by atoms with Gasteiger partial charge in [0.05, 0.1) is 18.4 Å². The fraction of sp³-hybridized carbons (Fsp3) is 0.429. The lowest BCUT2D eigenvalue weighted by molar-refractivity contribution is -0.113. The number of fused-ring (bicyclic) bond motifs is 1. The molecule has 150 valence electrons. The van der Waals surface area contributed by atoms with Crippen LogP contribution in [-0.2, 0) is 28.2 Å². The summed E-state index contributed by atoms with van der Waals surface area (Å²) in [6, 6.07) is 6.44. The minimum Gasteiger partial charge on any atom is -0.465 e. The number of aryl methyl sites for hydroxylation is 2. The van der Waals surface area contributed by atoms with Gasteiger partial charge in [-0.15, -0.1) is 23.1 Å². The van der Waals surface area contributed by atoms with E-state index in [1.807, 2.05) is 0 Å². The quantitative estimate of drug-likeness (QED) is 0.719. The van der Waals surface area contributed by atoms with Gasteiger partial charge in [0, 0.05) is 23.7 Å². The number of thiophene rings is 1. The first-order chi connectivity index (χ1) is 13.4. The first kappa shape index (κ1) is 20.9. The number of hydrogen-bond donors (Lipinski definition) is 1. The molecule has 2 aromatic rings. The lowest BCUT2D eigenvalue weighted by atomic mass is 10.0. The number of amides is 1. The number of methoxy groups -OCH3 is 1. The predicted octanol–water partition coefficient (Wildman–Crippen LogP) is 4.01. The van der Waals surface area contributed by atoms with Crippen LogP contribution in [0, 0.1) is 13.8 Å². The number of nitrogens with one attached hydrogen (secondary N) is 1. The monoisotopic (exact) mass is 418 g/mol. The lowest BCUT2D eigenvalue weighted by Gasteiger charge is -2.22. The van der Waals surface area contributed by atoms with Gasteiger partial charge in [-0.3, -0.25) is 4.79 Å². The van der Waals surface area contributed by atoms with Crippen LogP contribution < -0.4 is 5.32 Å². The second-order valence-electron chi connectivity index (χ2n) is 7.22. The summed E-state index contributed by atoms with van der Waals surface area (Å²) in [6.07, 6.45) is 0.796. The molecule has 1 amide bonds. The van der Waals surface area contributed by atoms with Crippen molar-refractivity contribution in [2.45, 2.75) is 32.6 Å². The molecule has 5 nitrogen and oxygen atoms in total. The summed E-state index contributed by atoms with van der Waals surface area (Å²) in [5.41, 5.74) is 5.24. The summed E-state index contributed by atoms with van der Waals surface area (Å²) in [5, 5.41) is 3.56. The van der Waals surface area contributed by atoms with E-state index in [0.717, 1.165) is 35.7 Å². The molecule has 0 fully saturated rings. The van der Waals surface area contributed by atoms with Crippen molar-refractivity contribution in [1.82, 2.24) is 4.90 Å². The van der Waals surface area contributed by atoms with Gasteiger partial charge in [0.15, 0.2) is 0 Å². The van der Waals surface area contributed by atoms with Crippen LogP contribution in [0.5, 0.6) is 0 Å². The molecule has 1 N–H and O–H groups in total. The Hall–Kier alpha value is -1.83. The molecule has 2 heterocycles. The molecule has 3 rings (SSSR count). The van der Waals surface area contributed by atoms with Crippen molar-refractivity contribution in [2.75, 3.05) is 31.8 Å². The Balaban J connectivity index is 1.65. The van der Waals surface area contributed by atoms with Crippen LogP contribution in [0.2, 0.25) is 0 Å². The molecule has 0 spiro atoms. The van der Waals surface area contributed by atoms with Crippen molar-refractivity contribution in [3.8, 4) is 0 Å². The van der Waals surface area contributed by atoms with Gasteiger partial charge in [-0.2, -0.15) is 0 Å². The van der Waals surface area contributed by atoms with Crippen LogP contribution in [0.1, 0.15) is 37.5 Å². The van der Waals surface area contributed by atoms with E-state index in [1.54, 1.807) is 11.8 Å². The maximum atomic E-state index is 12.5. The number of benzene rings is 1. The molecule has 0 saturated heterocycles. The number of carbonyl (C=O) groups is 2. The number of hydrogen-bond acceptors (Lipinski definition) is 6. The molecule has 0 radical (unpaired) electrons. The van der Waals surface area contributed by atoms with Crippen molar-refractivity contribution in [2.24, 2.45) is 0 Å². The van der Waals surface area contributed by atoms with Gasteiger partial charge in [-0.1, -0.05) is 29.3 Å². The average Bonchev–Trinajstić information content (AvgIpc) is 2.96. The highest BCUT2D eigenvalue weighted by Gasteiger charge is 2.28. The standard InChI is InChI=1S/C21H26N2O3S2/c1-13-7-14(2)9-15(8-13)11-27-12-18(24)22-20-19(21(25)26-4)16-5-6-23(3)10-17(16)28-20/h7-9H,5-6,10-12H2,1-4H3,(H,22,24). The highest BCUT2D eigenvalue weighted by Crippen LogP contribution is 2.37. The first-order valence-electron chi connectivity index (χ1n) is 9.23. The fourth-order valence-electron chi connectivity index (χ4n) is 3.51. The molecule has 7 heteroatoms. The average molecular weight is 419 g/mol. The van der Waals surface area contributed by atoms with Gasteiger partial charge in [0.2, 0.25) is 5.91 Å². The molecule has 0 unspecified atom stereocenters. The molecule has 1 aromatic carbocycles. The van der Waals surface area contributed by atoms with Crippen LogP contribution in [0.15, 0.2) is 18.2 Å². The molecule has 1 aliphatic heterocycles. The van der Waals surface area contributed by atoms with E-state index >= 15 is 0 Å². The zero-order chi connectivity index (χ0) is 20.3. The summed E-state index contributed by atoms with van der Waals surface area (Å²) < 4.78 is 4.97. The van der Waals surface area contributed by atoms with Crippen molar-refractivity contribution in [3.05, 3.63) is 50.9 Å². The molecule has 0 atom stereocenters. The van der Waals surface area contributed by atoms with Crippen molar-refractivity contribution in [1.29, 1.82) is 0 Å².